The number of hydrogen-bond acceptors (Lipinski definition) is 3. The van der Waals surface area contributed by atoms with Crippen molar-refractivity contribution in [1.82, 2.24) is 14.5 Å². The summed E-state index contributed by atoms with van der Waals surface area (Å²) in [5.74, 6) is -0.896. The van der Waals surface area contributed by atoms with Crippen molar-refractivity contribution in [2.24, 2.45) is 0 Å². The fourth-order valence-corrected chi connectivity index (χ4v) is 1.40. The topological polar surface area (TPSA) is 68.0 Å². The Kier molecular flexibility index (Phi) is 2.67. The van der Waals surface area contributed by atoms with Gasteiger partial charge in [0.25, 0.3) is 0 Å². The number of carboxylic acids is 1. The van der Waals surface area contributed by atoms with Crippen LogP contribution >= 0.6 is 0 Å². The first-order valence-corrected chi connectivity index (χ1v) is 5.20. The molecule has 0 aliphatic carbocycles. The van der Waals surface area contributed by atoms with Crippen LogP contribution in [0.5, 0.6) is 0 Å². The van der Waals surface area contributed by atoms with Crippen molar-refractivity contribution in [2.45, 2.75) is 19.4 Å². The van der Waals surface area contributed by atoms with E-state index in [-0.39, 0.29) is 0 Å². The lowest BCUT2D eigenvalue weighted by Gasteiger charge is -2.20. The number of carboxylic acid groups (broad SMARTS) is 1. The van der Waals surface area contributed by atoms with Crippen LogP contribution in [0.2, 0.25) is 0 Å². The summed E-state index contributed by atoms with van der Waals surface area (Å²) in [6.07, 6.45) is 6.61. The van der Waals surface area contributed by atoms with E-state index >= 15 is 0 Å². The van der Waals surface area contributed by atoms with Crippen LogP contribution in [0.4, 0.5) is 0 Å². The number of nitrogens with zero attached hydrogens (tertiary/aromatic N) is 3. The SMILES string of the molecule is CC(C)(C(=O)O)n1cnc(-c2cccnc2)c1. The van der Waals surface area contributed by atoms with Gasteiger partial charge in [0, 0.05) is 24.2 Å². The zero-order valence-corrected chi connectivity index (χ0v) is 9.66. The van der Waals surface area contributed by atoms with Gasteiger partial charge in [-0.3, -0.25) is 4.98 Å². The van der Waals surface area contributed by atoms with Crippen molar-refractivity contribution < 1.29 is 9.90 Å². The number of aromatic nitrogens is 3. The summed E-state index contributed by atoms with van der Waals surface area (Å²) in [5.41, 5.74) is 0.577. The van der Waals surface area contributed by atoms with Crippen LogP contribution in [0, 0.1) is 0 Å². The first-order valence-electron chi connectivity index (χ1n) is 5.20. The van der Waals surface area contributed by atoms with E-state index in [2.05, 4.69) is 9.97 Å². The molecule has 0 unspecified atom stereocenters. The zero-order chi connectivity index (χ0) is 12.5. The largest absolute Gasteiger partial charge is 0.480 e. The minimum Gasteiger partial charge on any atom is -0.480 e. The van der Waals surface area contributed by atoms with Crippen LogP contribution in [0.1, 0.15) is 13.8 Å². The summed E-state index contributed by atoms with van der Waals surface area (Å²) >= 11 is 0. The second-order valence-electron chi connectivity index (χ2n) is 4.27. The maximum atomic E-state index is 11.1. The second kappa shape index (κ2) is 4.01. The Balaban J connectivity index is 2.38. The Bertz CT molecular complexity index is 532. The molecule has 2 heterocycles. The minimum atomic E-state index is -1.01. The molecule has 2 aromatic heterocycles. The molecule has 0 aromatic carbocycles. The van der Waals surface area contributed by atoms with Crippen molar-refractivity contribution in [3.63, 3.8) is 0 Å². The average Bonchev–Trinajstić information content (AvgIpc) is 2.80. The standard InChI is InChI=1S/C12H13N3O2/c1-12(2,11(16)17)15-7-10(14-8-15)9-4-3-5-13-6-9/h3-8H,1-2H3,(H,16,17). The molecule has 5 nitrogen and oxygen atoms in total. The molecule has 0 spiro atoms. The Hall–Kier alpha value is -2.17. The van der Waals surface area contributed by atoms with Gasteiger partial charge in [-0.05, 0) is 26.0 Å². The van der Waals surface area contributed by atoms with Crippen molar-refractivity contribution >= 4 is 5.97 Å². The fourth-order valence-electron chi connectivity index (χ4n) is 1.40. The molecule has 0 aliphatic heterocycles. The van der Waals surface area contributed by atoms with Crippen LogP contribution in [0.15, 0.2) is 37.1 Å². The lowest BCUT2D eigenvalue weighted by Crippen LogP contribution is -2.34. The van der Waals surface area contributed by atoms with Gasteiger partial charge >= 0.3 is 5.97 Å². The van der Waals surface area contributed by atoms with E-state index in [4.69, 9.17) is 5.11 Å². The van der Waals surface area contributed by atoms with Crippen molar-refractivity contribution in [3.8, 4) is 11.3 Å². The van der Waals surface area contributed by atoms with E-state index < -0.39 is 11.5 Å². The quantitative estimate of drug-likeness (QED) is 0.874. The summed E-state index contributed by atoms with van der Waals surface area (Å²) in [6.45, 7) is 3.26. The molecule has 88 valence electrons. The van der Waals surface area contributed by atoms with Gasteiger partial charge in [-0.15, -0.1) is 0 Å². The molecule has 0 fully saturated rings. The smallest absolute Gasteiger partial charge is 0.329 e. The summed E-state index contributed by atoms with van der Waals surface area (Å²) in [7, 11) is 0. The van der Waals surface area contributed by atoms with E-state index in [1.807, 2.05) is 12.1 Å². The molecule has 1 N–H and O–H groups in total. The van der Waals surface area contributed by atoms with Gasteiger partial charge in [-0.2, -0.15) is 0 Å². The molecule has 0 atom stereocenters. The molecule has 2 rings (SSSR count). The molecule has 5 heteroatoms. The summed E-state index contributed by atoms with van der Waals surface area (Å²) in [4.78, 5) is 19.3. The van der Waals surface area contributed by atoms with Crippen LogP contribution in [-0.4, -0.2) is 25.6 Å². The lowest BCUT2D eigenvalue weighted by molar-refractivity contribution is -0.145. The van der Waals surface area contributed by atoms with Gasteiger partial charge in [0.2, 0.25) is 0 Å². The third-order valence-electron chi connectivity index (χ3n) is 2.71. The highest BCUT2D eigenvalue weighted by Crippen LogP contribution is 2.20. The van der Waals surface area contributed by atoms with Crippen LogP contribution in [0.3, 0.4) is 0 Å². The van der Waals surface area contributed by atoms with E-state index in [1.165, 1.54) is 6.33 Å². The van der Waals surface area contributed by atoms with E-state index in [1.54, 1.807) is 37.0 Å². The van der Waals surface area contributed by atoms with Gasteiger partial charge in [0.05, 0.1) is 12.0 Å². The third kappa shape index (κ3) is 2.04. The molecular weight excluding hydrogens is 218 g/mol. The molecule has 0 saturated carbocycles. The van der Waals surface area contributed by atoms with Gasteiger partial charge < -0.3 is 9.67 Å². The first-order chi connectivity index (χ1) is 8.01. The molecule has 0 aliphatic rings. The molecule has 0 saturated heterocycles. The normalized spacial score (nSPS) is 11.4. The fraction of sp³-hybridized carbons (Fsp3) is 0.250. The van der Waals surface area contributed by atoms with Crippen LogP contribution < -0.4 is 0 Å². The Morgan fingerprint density at radius 3 is 2.82 bits per heavy atom. The first kappa shape index (κ1) is 11.3. The maximum Gasteiger partial charge on any atom is 0.329 e. The minimum absolute atomic E-state index is 0.715. The summed E-state index contributed by atoms with van der Waals surface area (Å²) in [5, 5.41) is 9.11. The van der Waals surface area contributed by atoms with Crippen LogP contribution in [-0.2, 0) is 10.3 Å². The van der Waals surface area contributed by atoms with E-state index in [9.17, 15) is 4.79 Å². The van der Waals surface area contributed by atoms with Crippen LogP contribution in [0.25, 0.3) is 11.3 Å². The van der Waals surface area contributed by atoms with Crippen molar-refractivity contribution in [2.75, 3.05) is 0 Å². The zero-order valence-electron chi connectivity index (χ0n) is 9.66. The highest BCUT2D eigenvalue weighted by atomic mass is 16.4. The van der Waals surface area contributed by atoms with E-state index in [0.717, 1.165) is 5.56 Å². The molecule has 0 amide bonds. The molecule has 17 heavy (non-hydrogen) atoms. The Labute approximate surface area is 98.8 Å². The Morgan fingerprint density at radius 1 is 1.47 bits per heavy atom. The summed E-state index contributed by atoms with van der Waals surface area (Å²) in [6, 6.07) is 3.70. The number of hydrogen-bond donors (Lipinski definition) is 1. The lowest BCUT2D eigenvalue weighted by atomic mass is 10.1. The Morgan fingerprint density at radius 2 is 2.24 bits per heavy atom. The van der Waals surface area contributed by atoms with Gasteiger partial charge in [-0.25, -0.2) is 9.78 Å². The third-order valence-corrected chi connectivity index (χ3v) is 2.71. The molecule has 0 radical (unpaired) electrons. The summed E-state index contributed by atoms with van der Waals surface area (Å²) < 4.78 is 1.58. The van der Waals surface area contributed by atoms with E-state index in [0.29, 0.717) is 5.69 Å². The highest BCUT2D eigenvalue weighted by Gasteiger charge is 2.29. The van der Waals surface area contributed by atoms with Crippen molar-refractivity contribution in [1.29, 1.82) is 0 Å². The second-order valence-corrected chi connectivity index (χ2v) is 4.27. The number of pyridine rings is 1. The number of rotatable bonds is 3. The average molecular weight is 231 g/mol. The van der Waals surface area contributed by atoms with Gasteiger partial charge in [0.1, 0.15) is 5.54 Å². The molecular formula is C12H13N3O2. The predicted molar refractivity (Wildman–Crippen MR) is 62.4 cm³/mol. The van der Waals surface area contributed by atoms with Gasteiger partial charge in [0.15, 0.2) is 0 Å². The van der Waals surface area contributed by atoms with Crippen molar-refractivity contribution in [3.05, 3.63) is 37.1 Å². The maximum absolute atomic E-state index is 11.1. The monoisotopic (exact) mass is 231 g/mol. The molecule has 0 bridgehead atoms. The predicted octanol–water partition coefficient (Wildman–Crippen LogP) is 1.76. The highest BCUT2D eigenvalue weighted by molar-refractivity contribution is 5.76. The van der Waals surface area contributed by atoms with Gasteiger partial charge in [-0.1, -0.05) is 0 Å². The number of carbonyl (C=O) groups is 1. The number of imidazole rings is 1. The number of aliphatic carboxylic acids is 1. The molecule has 2 aromatic rings.